The molecule has 13 heteroatoms. The van der Waals surface area contributed by atoms with Gasteiger partial charge in [0.05, 0.1) is 25.6 Å². The summed E-state index contributed by atoms with van der Waals surface area (Å²) >= 11 is 0. The van der Waals surface area contributed by atoms with Crippen LogP contribution in [-0.2, 0) is 35.9 Å². The predicted molar refractivity (Wildman–Crippen MR) is 190 cm³/mol. The second kappa shape index (κ2) is 18.7. The molecule has 1 amide bonds. The van der Waals surface area contributed by atoms with E-state index in [0.29, 0.717) is 69.3 Å². The lowest BCUT2D eigenvalue weighted by atomic mass is 10.1. The van der Waals surface area contributed by atoms with Crippen LogP contribution in [0.25, 0.3) is 5.69 Å². The summed E-state index contributed by atoms with van der Waals surface area (Å²) in [6.07, 6.45) is 1.36. The number of nitrogens with zero attached hydrogens (tertiary/aromatic N) is 4. The van der Waals surface area contributed by atoms with Crippen molar-refractivity contribution >= 4 is 11.7 Å². The molecule has 0 spiro atoms. The van der Waals surface area contributed by atoms with Gasteiger partial charge in [0, 0.05) is 74.0 Å². The first-order valence-electron chi connectivity index (χ1n) is 16.7. The molecule has 13 nitrogen and oxygen atoms in total. The summed E-state index contributed by atoms with van der Waals surface area (Å²) in [5.74, 6) is 2.03. The molecule has 4 aromatic rings. The molecule has 1 aromatic carbocycles. The average molecular weight is 688 g/mol. The maximum Gasteiger partial charge on any atom is 0.220 e. The standard InChI is InChI=1S/C37H49N7O6/c1-24(45)10-9-17-38-20-29-13-15-34(41-36(29)47-6)49-22-31-11-8-12-33(25(31)2)44-27(4)32(26(3)43-44)23-50-35-16-14-30(37(42-35)48-7)21-39-18-19-40-28(5)46/h8,11-16,38-39H,9-10,17-23H2,1-7H3,(H,40,46). The number of hydrogen-bond acceptors (Lipinski definition) is 11. The molecule has 3 N–H and O–H groups in total. The van der Waals surface area contributed by atoms with Crippen molar-refractivity contribution in [1.29, 1.82) is 0 Å². The van der Waals surface area contributed by atoms with E-state index < -0.39 is 0 Å². The molecule has 0 aliphatic rings. The van der Waals surface area contributed by atoms with Gasteiger partial charge in [0.1, 0.15) is 19.0 Å². The molecule has 268 valence electrons. The molecule has 0 saturated heterocycles. The number of pyridine rings is 2. The molecule has 3 aromatic heterocycles. The van der Waals surface area contributed by atoms with Crippen LogP contribution >= 0.6 is 0 Å². The minimum atomic E-state index is -0.0565. The zero-order valence-electron chi connectivity index (χ0n) is 30.1. The quantitative estimate of drug-likeness (QED) is 0.113. The highest BCUT2D eigenvalue weighted by molar-refractivity contribution is 5.75. The fourth-order valence-electron chi connectivity index (χ4n) is 5.40. The van der Waals surface area contributed by atoms with Gasteiger partial charge in [-0.1, -0.05) is 12.1 Å². The first-order chi connectivity index (χ1) is 24.1. The molecule has 3 heterocycles. The van der Waals surface area contributed by atoms with Gasteiger partial charge in [-0.15, -0.1) is 0 Å². The third-order valence-corrected chi connectivity index (χ3v) is 8.23. The summed E-state index contributed by atoms with van der Waals surface area (Å²) < 4.78 is 25.2. The number of carbonyl (C=O) groups is 2. The van der Waals surface area contributed by atoms with E-state index in [4.69, 9.17) is 24.0 Å². The number of ether oxygens (including phenoxy) is 4. The molecule has 0 aliphatic heterocycles. The van der Waals surface area contributed by atoms with Crippen LogP contribution in [0, 0.1) is 20.8 Å². The summed E-state index contributed by atoms with van der Waals surface area (Å²) in [4.78, 5) is 31.3. The van der Waals surface area contributed by atoms with E-state index in [-0.39, 0.29) is 11.7 Å². The number of carbonyl (C=O) groups excluding carboxylic acids is 2. The van der Waals surface area contributed by atoms with Gasteiger partial charge in [-0.3, -0.25) is 4.79 Å². The van der Waals surface area contributed by atoms with Crippen LogP contribution in [0.3, 0.4) is 0 Å². The molecular formula is C37H49N7O6. The van der Waals surface area contributed by atoms with E-state index >= 15 is 0 Å². The van der Waals surface area contributed by atoms with Crippen LogP contribution in [0.4, 0.5) is 0 Å². The molecule has 0 fully saturated rings. The fraction of sp³-hybridized carbons (Fsp3) is 0.432. The van der Waals surface area contributed by atoms with E-state index in [2.05, 4.69) is 32.8 Å². The highest BCUT2D eigenvalue weighted by atomic mass is 16.5. The van der Waals surface area contributed by atoms with Crippen LogP contribution in [0.5, 0.6) is 23.5 Å². The third kappa shape index (κ3) is 10.5. The monoisotopic (exact) mass is 687 g/mol. The summed E-state index contributed by atoms with van der Waals surface area (Å²) in [6.45, 7) is 12.8. The van der Waals surface area contributed by atoms with Gasteiger partial charge in [0.2, 0.25) is 29.4 Å². The SMILES string of the molecule is COc1nc(OCc2cccc(-n3nc(C)c(COc4ccc(CNCCNC(C)=O)c(OC)n4)c3C)c2C)ccc1CNCCCC(C)=O. The maximum atomic E-state index is 11.2. The first-order valence-corrected chi connectivity index (χ1v) is 16.7. The van der Waals surface area contributed by atoms with Gasteiger partial charge >= 0.3 is 0 Å². The molecule has 0 aliphatic carbocycles. The molecule has 50 heavy (non-hydrogen) atoms. The van der Waals surface area contributed by atoms with Crippen molar-refractivity contribution in [2.45, 2.75) is 73.8 Å². The zero-order chi connectivity index (χ0) is 36.0. The van der Waals surface area contributed by atoms with Gasteiger partial charge in [-0.05, 0) is 70.0 Å². The Labute approximate surface area is 294 Å². The van der Waals surface area contributed by atoms with Gasteiger partial charge in [-0.2, -0.15) is 15.1 Å². The van der Waals surface area contributed by atoms with Gasteiger partial charge in [-0.25, -0.2) is 4.68 Å². The molecule has 0 atom stereocenters. The third-order valence-electron chi connectivity index (χ3n) is 8.23. The van der Waals surface area contributed by atoms with Crippen LogP contribution in [0.15, 0.2) is 42.5 Å². The molecule has 4 rings (SSSR count). The molecule has 0 unspecified atom stereocenters. The Morgan fingerprint density at radius 2 is 1.38 bits per heavy atom. The average Bonchev–Trinajstić information content (AvgIpc) is 3.38. The maximum absolute atomic E-state index is 11.2. The largest absolute Gasteiger partial charge is 0.481 e. The van der Waals surface area contributed by atoms with Gasteiger partial charge in [0.25, 0.3) is 0 Å². The number of rotatable bonds is 20. The number of aryl methyl sites for hydroxylation is 1. The highest BCUT2D eigenvalue weighted by Crippen LogP contribution is 2.26. The molecular weight excluding hydrogens is 638 g/mol. The summed E-state index contributed by atoms with van der Waals surface area (Å²) in [7, 11) is 3.17. The Morgan fingerprint density at radius 1 is 0.760 bits per heavy atom. The van der Waals surface area contributed by atoms with E-state index in [0.717, 1.165) is 57.9 Å². The molecule has 0 bridgehead atoms. The van der Waals surface area contributed by atoms with Crippen molar-refractivity contribution in [2.24, 2.45) is 0 Å². The normalized spacial score (nSPS) is 10.9. The summed E-state index contributed by atoms with van der Waals surface area (Å²) in [5.41, 5.74) is 7.60. The Bertz CT molecular complexity index is 1760. The number of amides is 1. The number of nitrogens with one attached hydrogen (secondary N) is 3. The van der Waals surface area contributed by atoms with E-state index in [9.17, 15) is 9.59 Å². The smallest absolute Gasteiger partial charge is 0.220 e. The minimum absolute atomic E-state index is 0.0565. The lowest BCUT2D eigenvalue weighted by molar-refractivity contribution is -0.119. The van der Waals surface area contributed by atoms with Gasteiger partial charge in [0.15, 0.2) is 0 Å². The summed E-state index contributed by atoms with van der Waals surface area (Å²) in [5, 5.41) is 14.2. The number of Topliss-reactive ketones (excluding diaryl/α,β-unsaturated/α-hetero) is 1. The van der Waals surface area contributed by atoms with E-state index in [1.54, 1.807) is 21.1 Å². The molecule has 0 saturated carbocycles. The zero-order valence-corrected chi connectivity index (χ0v) is 30.1. The minimum Gasteiger partial charge on any atom is -0.481 e. The van der Waals surface area contributed by atoms with Crippen LogP contribution in [0.1, 0.15) is 65.9 Å². The summed E-state index contributed by atoms with van der Waals surface area (Å²) in [6, 6.07) is 13.6. The van der Waals surface area contributed by atoms with Crippen molar-refractivity contribution in [1.82, 2.24) is 35.7 Å². The van der Waals surface area contributed by atoms with E-state index in [1.165, 1.54) is 6.92 Å². The van der Waals surface area contributed by atoms with Gasteiger partial charge < -0.3 is 39.7 Å². The molecule has 0 radical (unpaired) electrons. The van der Waals surface area contributed by atoms with Crippen molar-refractivity contribution in [3.05, 3.63) is 81.7 Å². The van der Waals surface area contributed by atoms with Crippen molar-refractivity contribution in [2.75, 3.05) is 33.9 Å². The fourth-order valence-corrected chi connectivity index (χ4v) is 5.40. The Morgan fingerprint density at radius 3 is 1.98 bits per heavy atom. The second-order valence-electron chi connectivity index (χ2n) is 12.0. The van der Waals surface area contributed by atoms with Crippen molar-refractivity contribution in [3.63, 3.8) is 0 Å². The Balaban J connectivity index is 1.38. The van der Waals surface area contributed by atoms with Crippen LogP contribution in [0.2, 0.25) is 0 Å². The van der Waals surface area contributed by atoms with Crippen molar-refractivity contribution in [3.8, 4) is 29.2 Å². The number of ketones is 1. The number of aromatic nitrogens is 4. The first kappa shape index (κ1) is 37.8. The van der Waals surface area contributed by atoms with Crippen LogP contribution in [-0.4, -0.2) is 65.3 Å². The Kier molecular flexibility index (Phi) is 14.1. The topological polar surface area (TPSA) is 151 Å². The highest BCUT2D eigenvalue weighted by Gasteiger charge is 2.17. The lowest BCUT2D eigenvalue weighted by Crippen LogP contribution is -2.30. The van der Waals surface area contributed by atoms with Crippen molar-refractivity contribution < 1.29 is 28.5 Å². The predicted octanol–water partition coefficient (Wildman–Crippen LogP) is 4.45. The number of methoxy groups -OCH3 is 2. The van der Waals surface area contributed by atoms with Crippen LogP contribution < -0.4 is 34.9 Å². The lowest BCUT2D eigenvalue weighted by Gasteiger charge is -2.15. The second-order valence-corrected chi connectivity index (χ2v) is 12.0. The Hall–Kier alpha value is -5.01. The number of hydrogen-bond donors (Lipinski definition) is 3. The van der Waals surface area contributed by atoms with E-state index in [1.807, 2.05) is 61.0 Å². The number of benzene rings is 1.